The van der Waals surface area contributed by atoms with Gasteiger partial charge in [0, 0.05) is 30.1 Å². The number of ether oxygens (including phenoxy) is 2. The third kappa shape index (κ3) is 4.58. The van der Waals surface area contributed by atoms with Crippen LogP contribution >= 0.6 is 0 Å². The molecule has 2 aromatic rings. The van der Waals surface area contributed by atoms with E-state index in [9.17, 15) is 9.59 Å². The number of carbonyl (C=O) groups is 2. The molecule has 2 aromatic carbocycles. The Balaban J connectivity index is 1.20. The van der Waals surface area contributed by atoms with Crippen LogP contribution in [0.4, 0.5) is 10.5 Å². The summed E-state index contributed by atoms with van der Waals surface area (Å²) in [5.41, 5.74) is 3.41. The molecule has 3 aliphatic carbocycles. The van der Waals surface area contributed by atoms with Crippen molar-refractivity contribution in [2.24, 2.45) is 23.2 Å². The van der Waals surface area contributed by atoms with Crippen LogP contribution in [-0.2, 0) is 11.2 Å². The maximum Gasteiger partial charge on any atom is 0.319 e. The van der Waals surface area contributed by atoms with E-state index >= 15 is 0 Å². The largest absolute Gasteiger partial charge is 0.497 e. The van der Waals surface area contributed by atoms with Gasteiger partial charge in [-0.05, 0) is 97.6 Å². The summed E-state index contributed by atoms with van der Waals surface area (Å²) in [4.78, 5) is 25.6. The molecule has 2 N–H and O–H groups in total. The predicted octanol–water partition coefficient (Wildman–Crippen LogP) is 5.96. The molecule has 0 heterocycles. The Labute approximate surface area is 214 Å². The van der Waals surface area contributed by atoms with Gasteiger partial charge in [0.15, 0.2) is 0 Å². The standard InChI is InChI=1S/C30H38N2O4/c1-30-14-13-25-24-12-10-23(36-3)16-19(24)9-11-26(25)28(30)20(17-27(30)33)6-5-15-31-29(34)32-21-7-4-8-22(18-21)35-2/h4,7-8,10,12,16,18,20,25-26,28H,5-6,9,11,13-15,17H2,1-3H3,(H2,31,32,34)/t20-,25-,26-,28+,30-/m1/s1. The average molecular weight is 491 g/mol. The van der Waals surface area contributed by atoms with E-state index in [1.165, 1.54) is 11.1 Å². The number of fused-ring (bicyclic) bond motifs is 5. The van der Waals surface area contributed by atoms with E-state index in [4.69, 9.17) is 9.47 Å². The van der Waals surface area contributed by atoms with E-state index in [0.29, 0.717) is 53.9 Å². The summed E-state index contributed by atoms with van der Waals surface area (Å²) >= 11 is 0. The number of benzene rings is 2. The SMILES string of the molecule is COc1cccc(NC(=O)NCCC[C@@H]2CC(=O)[C@@]3(C)CC[C@@H]4c5ccc(OC)cc5CC[C@H]4[C@H]23)c1. The molecule has 6 heteroatoms. The molecule has 0 aromatic heterocycles. The summed E-state index contributed by atoms with van der Waals surface area (Å²) in [5.74, 6) is 4.04. The third-order valence-corrected chi connectivity index (χ3v) is 9.14. The molecule has 0 aliphatic heterocycles. The highest BCUT2D eigenvalue weighted by Crippen LogP contribution is 2.62. The minimum Gasteiger partial charge on any atom is -0.497 e. The van der Waals surface area contributed by atoms with Crippen molar-refractivity contribution in [2.75, 3.05) is 26.1 Å². The molecule has 0 saturated heterocycles. The lowest BCUT2D eigenvalue weighted by Gasteiger charge is -2.50. The topological polar surface area (TPSA) is 76.7 Å². The Bertz CT molecular complexity index is 1130. The number of aryl methyl sites for hydroxylation is 1. The van der Waals surface area contributed by atoms with Crippen molar-refractivity contribution < 1.29 is 19.1 Å². The van der Waals surface area contributed by atoms with Gasteiger partial charge in [-0.3, -0.25) is 4.79 Å². The lowest BCUT2D eigenvalue weighted by molar-refractivity contribution is -0.129. The van der Waals surface area contributed by atoms with Crippen LogP contribution in [0.2, 0.25) is 0 Å². The first-order valence-electron chi connectivity index (χ1n) is 13.3. The average Bonchev–Trinajstić information content (AvgIpc) is 3.15. The molecule has 5 atom stereocenters. The first-order chi connectivity index (χ1) is 17.4. The van der Waals surface area contributed by atoms with Crippen molar-refractivity contribution in [3.8, 4) is 11.5 Å². The van der Waals surface area contributed by atoms with Gasteiger partial charge < -0.3 is 20.1 Å². The van der Waals surface area contributed by atoms with E-state index in [1.54, 1.807) is 20.3 Å². The van der Waals surface area contributed by atoms with Gasteiger partial charge in [0.1, 0.15) is 17.3 Å². The van der Waals surface area contributed by atoms with E-state index in [-0.39, 0.29) is 11.4 Å². The zero-order valence-corrected chi connectivity index (χ0v) is 21.6. The molecule has 0 spiro atoms. The first-order valence-corrected chi connectivity index (χ1v) is 13.3. The van der Waals surface area contributed by atoms with Crippen molar-refractivity contribution in [3.63, 3.8) is 0 Å². The second-order valence-corrected chi connectivity index (χ2v) is 11.0. The quantitative estimate of drug-likeness (QED) is 0.470. The highest BCUT2D eigenvalue weighted by atomic mass is 16.5. The Morgan fingerprint density at radius 2 is 1.89 bits per heavy atom. The van der Waals surface area contributed by atoms with Crippen LogP contribution in [-0.4, -0.2) is 32.6 Å². The number of amides is 2. The number of anilines is 1. The van der Waals surface area contributed by atoms with Gasteiger partial charge in [-0.25, -0.2) is 4.79 Å². The van der Waals surface area contributed by atoms with Gasteiger partial charge in [0.25, 0.3) is 0 Å². The van der Waals surface area contributed by atoms with Crippen LogP contribution in [0, 0.1) is 23.2 Å². The fourth-order valence-electron chi connectivity index (χ4n) is 7.45. The first kappa shape index (κ1) is 24.7. The minimum atomic E-state index is -0.215. The molecule has 192 valence electrons. The Hall–Kier alpha value is -3.02. The van der Waals surface area contributed by atoms with Crippen LogP contribution in [0.1, 0.15) is 62.5 Å². The van der Waals surface area contributed by atoms with Crippen molar-refractivity contribution in [1.82, 2.24) is 5.32 Å². The number of urea groups is 1. The zero-order valence-electron chi connectivity index (χ0n) is 21.6. The fourth-order valence-corrected chi connectivity index (χ4v) is 7.45. The lowest BCUT2D eigenvalue weighted by atomic mass is 9.54. The number of carbonyl (C=O) groups excluding carboxylic acids is 2. The molecule has 0 radical (unpaired) electrons. The molecule has 0 bridgehead atoms. The summed E-state index contributed by atoms with van der Waals surface area (Å²) in [7, 11) is 3.33. The highest BCUT2D eigenvalue weighted by molar-refractivity contribution is 5.89. The van der Waals surface area contributed by atoms with Gasteiger partial charge in [0.05, 0.1) is 14.2 Å². The van der Waals surface area contributed by atoms with Gasteiger partial charge in [-0.15, -0.1) is 0 Å². The molecule has 3 aliphatic rings. The molecule has 2 amide bonds. The molecule has 5 rings (SSSR count). The summed E-state index contributed by atoms with van der Waals surface area (Å²) in [6.07, 6.45) is 6.84. The van der Waals surface area contributed by atoms with E-state index < -0.39 is 0 Å². The summed E-state index contributed by atoms with van der Waals surface area (Å²) in [5, 5.41) is 5.84. The zero-order chi connectivity index (χ0) is 25.3. The molecule has 2 fully saturated rings. The van der Waals surface area contributed by atoms with E-state index in [2.05, 4.69) is 35.8 Å². The lowest BCUT2D eigenvalue weighted by Crippen LogP contribution is -2.44. The highest BCUT2D eigenvalue weighted by Gasteiger charge is 2.58. The van der Waals surface area contributed by atoms with Gasteiger partial charge in [-0.1, -0.05) is 19.1 Å². The molecular weight excluding hydrogens is 452 g/mol. The van der Waals surface area contributed by atoms with Gasteiger partial charge in [-0.2, -0.15) is 0 Å². The summed E-state index contributed by atoms with van der Waals surface area (Å²) in [6, 6.07) is 13.7. The monoisotopic (exact) mass is 490 g/mol. The second kappa shape index (κ2) is 10.2. The van der Waals surface area contributed by atoms with Crippen molar-refractivity contribution in [1.29, 1.82) is 0 Å². The number of nitrogens with one attached hydrogen (secondary N) is 2. The maximum absolute atomic E-state index is 13.2. The predicted molar refractivity (Wildman–Crippen MR) is 141 cm³/mol. The number of hydrogen-bond acceptors (Lipinski definition) is 4. The van der Waals surface area contributed by atoms with Crippen molar-refractivity contribution >= 4 is 17.5 Å². The molecule has 36 heavy (non-hydrogen) atoms. The number of hydrogen-bond donors (Lipinski definition) is 2. The Morgan fingerprint density at radius 1 is 1.08 bits per heavy atom. The number of Topliss-reactive ketones (excluding diaryl/α,β-unsaturated/α-hetero) is 1. The summed E-state index contributed by atoms with van der Waals surface area (Å²) in [6.45, 7) is 2.83. The number of methoxy groups -OCH3 is 2. The van der Waals surface area contributed by atoms with Crippen molar-refractivity contribution in [2.45, 2.75) is 57.8 Å². The minimum absolute atomic E-state index is 0.188. The van der Waals surface area contributed by atoms with Crippen molar-refractivity contribution in [3.05, 3.63) is 53.6 Å². The van der Waals surface area contributed by atoms with Crippen LogP contribution < -0.4 is 20.1 Å². The van der Waals surface area contributed by atoms with Crippen LogP contribution in [0.15, 0.2) is 42.5 Å². The number of ketones is 1. The van der Waals surface area contributed by atoms with Crippen LogP contribution in [0.25, 0.3) is 0 Å². The van der Waals surface area contributed by atoms with E-state index in [0.717, 1.165) is 44.3 Å². The fraction of sp³-hybridized carbons (Fsp3) is 0.533. The van der Waals surface area contributed by atoms with Gasteiger partial charge in [0.2, 0.25) is 0 Å². The third-order valence-electron chi connectivity index (χ3n) is 9.14. The van der Waals surface area contributed by atoms with E-state index in [1.807, 2.05) is 18.2 Å². The summed E-state index contributed by atoms with van der Waals surface area (Å²) < 4.78 is 10.7. The normalized spacial score (nSPS) is 28.5. The van der Waals surface area contributed by atoms with Gasteiger partial charge >= 0.3 is 6.03 Å². The maximum atomic E-state index is 13.2. The number of rotatable bonds is 7. The molecule has 0 unspecified atom stereocenters. The van der Waals surface area contributed by atoms with Crippen LogP contribution in [0.5, 0.6) is 11.5 Å². The molecule has 2 saturated carbocycles. The smallest absolute Gasteiger partial charge is 0.319 e. The Kier molecular flexibility index (Phi) is 6.96. The van der Waals surface area contributed by atoms with Crippen LogP contribution in [0.3, 0.4) is 0 Å². The molecule has 6 nitrogen and oxygen atoms in total. The Morgan fingerprint density at radius 3 is 2.69 bits per heavy atom. The second-order valence-electron chi connectivity index (χ2n) is 11.0. The molecular formula is C30H38N2O4.